The summed E-state index contributed by atoms with van der Waals surface area (Å²) < 4.78 is 7.15. The largest absolute Gasteiger partial charge is 0.444 e. The molecule has 32 heavy (non-hydrogen) atoms. The van der Waals surface area contributed by atoms with Crippen molar-refractivity contribution in [3.8, 4) is 0 Å². The molecule has 2 amide bonds. The maximum Gasteiger partial charge on any atom is 0.410 e. The molecule has 0 aliphatic carbocycles. The average molecular weight is 442 g/mol. The Morgan fingerprint density at radius 3 is 2.53 bits per heavy atom. The van der Waals surface area contributed by atoms with E-state index in [0.29, 0.717) is 50.1 Å². The van der Waals surface area contributed by atoms with E-state index in [4.69, 9.17) is 4.74 Å². The van der Waals surface area contributed by atoms with Gasteiger partial charge in [-0.25, -0.2) is 14.8 Å². The van der Waals surface area contributed by atoms with Gasteiger partial charge in [-0.1, -0.05) is 0 Å². The van der Waals surface area contributed by atoms with Crippen molar-refractivity contribution in [1.29, 1.82) is 0 Å². The smallest absolute Gasteiger partial charge is 0.410 e. The average Bonchev–Trinajstić information content (AvgIpc) is 2.78. The number of ether oxygens (including phenoxy) is 1. The van der Waals surface area contributed by atoms with Crippen LogP contribution in [0.2, 0.25) is 0 Å². The molecule has 9 heteroatoms. The Bertz CT molecular complexity index is 1050. The first kappa shape index (κ1) is 22.2. The molecule has 9 nitrogen and oxygen atoms in total. The molecule has 172 valence electrons. The van der Waals surface area contributed by atoms with Crippen molar-refractivity contribution in [3.05, 3.63) is 35.0 Å². The summed E-state index contributed by atoms with van der Waals surface area (Å²) in [6, 6.07) is 3.49. The van der Waals surface area contributed by atoms with Crippen LogP contribution in [-0.4, -0.2) is 68.1 Å². The highest BCUT2D eigenvalue weighted by Crippen LogP contribution is 2.26. The maximum absolute atomic E-state index is 13.1. The van der Waals surface area contributed by atoms with Crippen LogP contribution >= 0.6 is 0 Å². The first-order valence-electron chi connectivity index (χ1n) is 11.3. The molecule has 2 fully saturated rings. The van der Waals surface area contributed by atoms with Gasteiger partial charge in [-0.2, -0.15) is 0 Å². The number of rotatable bonds is 2. The first-order valence-corrected chi connectivity index (χ1v) is 11.3. The molecule has 2 aromatic rings. The zero-order valence-corrected chi connectivity index (χ0v) is 19.0. The lowest BCUT2D eigenvalue weighted by atomic mass is 9.95. The van der Waals surface area contributed by atoms with Gasteiger partial charge in [-0.3, -0.25) is 14.2 Å². The van der Waals surface area contributed by atoms with E-state index < -0.39 is 5.60 Å². The summed E-state index contributed by atoms with van der Waals surface area (Å²) in [6.45, 7) is 7.72. The fraction of sp³-hybridized carbons (Fsp3) is 0.609. The third kappa shape index (κ3) is 4.76. The predicted octanol–water partition coefficient (Wildman–Crippen LogP) is 2.60. The topological polar surface area (TPSA) is 97.6 Å². The summed E-state index contributed by atoms with van der Waals surface area (Å²) in [5, 5.41) is 0.512. The molecule has 2 saturated heterocycles. The lowest BCUT2D eigenvalue weighted by Gasteiger charge is -2.38. The minimum absolute atomic E-state index is 0.00766. The summed E-state index contributed by atoms with van der Waals surface area (Å²) in [7, 11) is 0. The summed E-state index contributed by atoms with van der Waals surface area (Å²) in [4.78, 5) is 50.4. The van der Waals surface area contributed by atoms with Crippen molar-refractivity contribution in [2.75, 3.05) is 26.2 Å². The fourth-order valence-corrected chi connectivity index (χ4v) is 4.53. The van der Waals surface area contributed by atoms with E-state index in [1.807, 2.05) is 25.7 Å². The Kier molecular flexibility index (Phi) is 6.17. The Hall–Kier alpha value is -2.97. The molecule has 1 atom stereocenters. The summed E-state index contributed by atoms with van der Waals surface area (Å²) in [6.07, 6.45) is 5.80. The van der Waals surface area contributed by atoms with Crippen LogP contribution in [0.15, 0.2) is 29.5 Å². The zero-order valence-electron chi connectivity index (χ0n) is 19.0. The van der Waals surface area contributed by atoms with Crippen molar-refractivity contribution < 1.29 is 14.3 Å². The van der Waals surface area contributed by atoms with Crippen LogP contribution in [-0.2, 0) is 9.53 Å². The third-order valence-electron chi connectivity index (χ3n) is 6.15. The summed E-state index contributed by atoms with van der Waals surface area (Å²) in [5.41, 5.74) is -0.192. The van der Waals surface area contributed by atoms with Crippen LogP contribution in [0.4, 0.5) is 4.79 Å². The number of hydrogen-bond acceptors (Lipinski definition) is 6. The van der Waals surface area contributed by atoms with E-state index in [9.17, 15) is 14.4 Å². The monoisotopic (exact) mass is 441 g/mol. The van der Waals surface area contributed by atoms with E-state index >= 15 is 0 Å². The number of likely N-dealkylation sites (tertiary alicyclic amines) is 2. The molecule has 0 N–H and O–H groups in total. The van der Waals surface area contributed by atoms with Gasteiger partial charge in [0.2, 0.25) is 5.91 Å². The standard InChI is InChI=1S/C23H31N5O4/c1-23(2,3)32-22(31)27-11-5-6-16(14-27)20(29)26-12-8-17(9-13-26)28-15-25-19-18(21(28)30)7-4-10-24-19/h4,7,10,15-17H,5-6,8-9,11-14H2,1-3H3. The van der Waals surface area contributed by atoms with Crippen molar-refractivity contribution >= 4 is 23.0 Å². The number of carbonyl (C=O) groups excluding carboxylic acids is 2. The normalized spacial score (nSPS) is 20.4. The SMILES string of the molecule is CC(C)(C)OC(=O)N1CCCC(C(=O)N2CCC(n3cnc4ncccc4c3=O)CC2)C1. The van der Waals surface area contributed by atoms with Gasteiger partial charge in [0, 0.05) is 38.4 Å². The Morgan fingerprint density at radius 1 is 1.06 bits per heavy atom. The van der Waals surface area contributed by atoms with Gasteiger partial charge in [0.25, 0.3) is 5.56 Å². The van der Waals surface area contributed by atoms with Crippen molar-refractivity contribution in [2.45, 2.75) is 58.1 Å². The molecule has 2 aromatic heterocycles. The van der Waals surface area contributed by atoms with Crippen LogP contribution in [0, 0.1) is 5.92 Å². The second-order valence-electron chi connectivity index (χ2n) is 9.65. The molecule has 2 aliphatic rings. The van der Waals surface area contributed by atoms with Gasteiger partial charge in [-0.05, 0) is 58.6 Å². The number of aromatic nitrogens is 3. The highest BCUT2D eigenvalue weighted by Gasteiger charge is 2.34. The quantitative estimate of drug-likeness (QED) is 0.711. The maximum atomic E-state index is 13.1. The second-order valence-corrected chi connectivity index (χ2v) is 9.65. The zero-order chi connectivity index (χ0) is 22.9. The molecule has 0 bridgehead atoms. The Labute approximate surface area is 187 Å². The van der Waals surface area contributed by atoms with E-state index in [0.717, 1.165) is 12.8 Å². The van der Waals surface area contributed by atoms with E-state index in [1.165, 1.54) is 0 Å². The molecule has 1 unspecified atom stereocenters. The molecular weight excluding hydrogens is 410 g/mol. The molecule has 0 aromatic carbocycles. The molecule has 4 heterocycles. The predicted molar refractivity (Wildman–Crippen MR) is 119 cm³/mol. The van der Waals surface area contributed by atoms with Crippen LogP contribution < -0.4 is 5.56 Å². The molecule has 0 spiro atoms. The number of amides is 2. The molecule has 4 rings (SSSR count). The van der Waals surface area contributed by atoms with Gasteiger partial charge in [0.15, 0.2) is 5.65 Å². The number of fused-ring (bicyclic) bond motifs is 1. The number of carbonyl (C=O) groups is 2. The van der Waals surface area contributed by atoms with Gasteiger partial charge in [0.05, 0.1) is 11.3 Å². The van der Waals surface area contributed by atoms with Gasteiger partial charge in [-0.15, -0.1) is 0 Å². The number of pyridine rings is 1. The van der Waals surface area contributed by atoms with Crippen LogP contribution in [0.1, 0.15) is 52.5 Å². The Morgan fingerprint density at radius 2 is 1.81 bits per heavy atom. The summed E-state index contributed by atoms with van der Waals surface area (Å²) in [5.74, 6) is -0.117. The van der Waals surface area contributed by atoms with Crippen molar-refractivity contribution in [3.63, 3.8) is 0 Å². The van der Waals surface area contributed by atoms with E-state index in [1.54, 1.807) is 34.1 Å². The molecule has 0 radical (unpaired) electrons. The Balaban J connectivity index is 1.37. The lowest BCUT2D eigenvalue weighted by Crippen LogP contribution is -2.49. The van der Waals surface area contributed by atoms with Crippen molar-refractivity contribution in [1.82, 2.24) is 24.3 Å². The highest BCUT2D eigenvalue weighted by molar-refractivity contribution is 5.80. The van der Waals surface area contributed by atoms with Crippen LogP contribution in [0.3, 0.4) is 0 Å². The number of hydrogen-bond donors (Lipinski definition) is 0. The molecule has 2 aliphatic heterocycles. The van der Waals surface area contributed by atoms with Gasteiger partial charge >= 0.3 is 6.09 Å². The second kappa shape index (κ2) is 8.88. The van der Waals surface area contributed by atoms with E-state index in [2.05, 4.69) is 9.97 Å². The van der Waals surface area contributed by atoms with Crippen LogP contribution in [0.5, 0.6) is 0 Å². The first-order chi connectivity index (χ1) is 15.2. The molecular formula is C23H31N5O4. The molecule has 0 saturated carbocycles. The minimum Gasteiger partial charge on any atom is -0.444 e. The van der Waals surface area contributed by atoms with Crippen molar-refractivity contribution in [2.24, 2.45) is 5.92 Å². The minimum atomic E-state index is -0.554. The fourth-order valence-electron chi connectivity index (χ4n) is 4.53. The third-order valence-corrected chi connectivity index (χ3v) is 6.15. The number of piperidine rings is 2. The number of nitrogens with zero attached hydrogens (tertiary/aromatic N) is 5. The summed E-state index contributed by atoms with van der Waals surface area (Å²) >= 11 is 0. The van der Waals surface area contributed by atoms with Gasteiger partial charge < -0.3 is 14.5 Å². The van der Waals surface area contributed by atoms with E-state index in [-0.39, 0.29) is 29.5 Å². The van der Waals surface area contributed by atoms with Gasteiger partial charge in [0.1, 0.15) is 11.9 Å². The highest BCUT2D eigenvalue weighted by atomic mass is 16.6. The lowest BCUT2D eigenvalue weighted by molar-refractivity contribution is -0.138. The van der Waals surface area contributed by atoms with Crippen LogP contribution in [0.25, 0.3) is 11.0 Å².